The molecular weight excluding hydrogens is 238 g/mol. The third-order valence-corrected chi connectivity index (χ3v) is 2.83. The van der Waals surface area contributed by atoms with Crippen LogP contribution in [0, 0.1) is 5.92 Å². The Morgan fingerprint density at radius 2 is 1.95 bits per heavy atom. The molecule has 0 bridgehead atoms. The summed E-state index contributed by atoms with van der Waals surface area (Å²) in [6, 6.07) is 5.93. The third-order valence-electron chi connectivity index (χ3n) is 2.83. The normalized spacial score (nSPS) is 39.3. The number of Topliss-reactive ketones (excluding diaryl/α,β-unsaturated/α-hetero) is 1. The summed E-state index contributed by atoms with van der Waals surface area (Å²) in [5.74, 6) is -1.55. The van der Waals surface area contributed by atoms with E-state index in [-0.39, 0.29) is 17.1 Å². The zero-order valence-electron chi connectivity index (χ0n) is 20.6. The molecule has 1 N–H and O–H groups in total. The second kappa shape index (κ2) is 6.83. The molecule has 1 aromatic carbocycles. The summed E-state index contributed by atoms with van der Waals surface area (Å²) in [6.45, 7) is -5.98. The Kier molecular flexibility index (Phi) is 2.18. The van der Waals surface area contributed by atoms with Crippen molar-refractivity contribution in [1.29, 1.82) is 0 Å². The molecule has 1 unspecified atom stereocenters. The molecule has 3 heteroatoms. The van der Waals surface area contributed by atoms with Gasteiger partial charge in [-0.05, 0) is 31.3 Å². The molecule has 1 atom stereocenters. The third kappa shape index (κ3) is 3.88. The van der Waals surface area contributed by atoms with Gasteiger partial charge in [0.05, 0.1) is 6.61 Å². The van der Waals surface area contributed by atoms with Crippen LogP contribution in [0.2, 0.25) is 0 Å². The van der Waals surface area contributed by atoms with Gasteiger partial charge in [-0.25, -0.2) is 0 Å². The maximum atomic E-state index is 12.7. The van der Waals surface area contributed by atoms with E-state index in [1.807, 2.05) is 0 Å². The summed E-state index contributed by atoms with van der Waals surface area (Å²) < 4.78 is 79.6. The van der Waals surface area contributed by atoms with Crippen molar-refractivity contribution in [2.45, 2.75) is 32.6 Å². The molecule has 0 aliphatic carbocycles. The van der Waals surface area contributed by atoms with E-state index in [2.05, 4.69) is 0 Å². The minimum Gasteiger partial charge on any atom is -0.392 e. The Morgan fingerprint density at radius 1 is 1.32 bits per heavy atom. The second-order valence-electron chi connectivity index (χ2n) is 4.33. The van der Waals surface area contributed by atoms with Crippen molar-refractivity contribution in [2.75, 3.05) is 19.5 Å². The maximum absolute atomic E-state index is 12.7. The number of aliphatic hydroxyl groups excluding tert-OH is 1. The molecule has 1 aliphatic heterocycles. The average Bonchev–Trinajstić information content (AvgIpc) is 2.63. The van der Waals surface area contributed by atoms with Crippen LogP contribution in [0.1, 0.15) is 55.7 Å². The lowest BCUT2D eigenvalue weighted by Gasteiger charge is -2.28. The molecule has 1 aliphatic rings. The first kappa shape index (κ1) is 6.06. The highest BCUT2D eigenvalue weighted by molar-refractivity contribution is 5.97. The fraction of sp³-hybridized carbons (Fsp3) is 0.562. The van der Waals surface area contributed by atoms with E-state index in [0.29, 0.717) is 5.56 Å². The molecule has 1 fully saturated rings. The number of piperidine rings is 1. The van der Waals surface area contributed by atoms with Crippen molar-refractivity contribution < 1.29 is 23.6 Å². The number of ketones is 1. The molecular formula is C16H23NO2. The number of carbonyl (C=O) groups excluding carboxylic acids is 1. The van der Waals surface area contributed by atoms with Gasteiger partial charge in [-0.15, -0.1) is 0 Å². The lowest BCUT2D eigenvalue weighted by molar-refractivity contribution is 0.0883. The van der Waals surface area contributed by atoms with E-state index in [1.165, 1.54) is 31.2 Å². The Morgan fingerprint density at radius 3 is 2.53 bits per heavy atom. The summed E-state index contributed by atoms with van der Waals surface area (Å²) in [5.41, 5.74) is 0.788. The van der Waals surface area contributed by atoms with Crippen LogP contribution in [-0.4, -0.2) is 35.3 Å². The zero-order valence-corrected chi connectivity index (χ0v) is 10.6. The molecule has 3 nitrogen and oxygen atoms in total. The number of nitrogens with zero attached hydrogens (tertiary/aromatic N) is 1. The van der Waals surface area contributed by atoms with Crippen LogP contribution in [0.3, 0.4) is 0 Å². The molecule has 19 heavy (non-hydrogen) atoms. The minimum absolute atomic E-state index is 0.217. The standard InChI is InChI=1S/C16H23NO2/c1-13(11-17-9-3-2-4-10-17)16(19)15-7-5-14(12-18)6-8-15/h5-8,13,18H,2-4,9-12H2,1H3/i2D2,3D2,4D2,9D2,10D2. The van der Waals surface area contributed by atoms with Gasteiger partial charge in [0.25, 0.3) is 0 Å². The van der Waals surface area contributed by atoms with Crippen LogP contribution in [0.25, 0.3) is 0 Å². The highest BCUT2D eigenvalue weighted by Crippen LogP contribution is 2.15. The van der Waals surface area contributed by atoms with Crippen molar-refractivity contribution in [3.63, 3.8) is 0 Å². The van der Waals surface area contributed by atoms with Gasteiger partial charge in [-0.3, -0.25) is 4.79 Å². The van der Waals surface area contributed by atoms with Gasteiger partial charge in [0.2, 0.25) is 0 Å². The quantitative estimate of drug-likeness (QED) is 0.836. The van der Waals surface area contributed by atoms with Crippen LogP contribution in [-0.2, 0) is 6.61 Å². The molecule has 2 rings (SSSR count). The summed E-state index contributed by atoms with van der Waals surface area (Å²) in [4.78, 5) is 13.0. The van der Waals surface area contributed by atoms with Gasteiger partial charge in [-0.2, -0.15) is 0 Å². The zero-order chi connectivity index (χ0) is 22.6. The van der Waals surface area contributed by atoms with Crippen LogP contribution in [0.4, 0.5) is 0 Å². The van der Waals surface area contributed by atoms with Crippen molar-refractivity contribution >= 4 is 5.78 Å². The Hall–Kier alpha value is -1.19. The molecule has 1 aromatic rings. The first-order chi connectivity index (χ1) is 13.0. The molecule has 0 spiro atoms. The van der Waals surface area contributed by atoms with Crippen LogP contribution >= 0.6 is 0 Å². The molecule has 0 aromatic heterocycles. The van der Waals surface area contributed by atoms with Gasteiger partial charge in [0.15, 0.2) is 5.78 Å². The topological polar surface area (TPSA) is 40.5 Å². The van der Waals surface area contributed by atoms with E-state index in [0.717, 1.165) is 0 Å². The molecule has 0 saturated carbocycles. The smallest absolute Gasteiger partial charge is 0.166 e. The Bertz CT molecular complexity index is 748. The van der Waals surface area contributed by atoms with E-state index >= 15 is 0 Å². The van der Waals surface area contributed by atoms with Crippen molar-refractivity contribution in [2.24, 2.45) is 5.92 Å². The van der Waals surface area contributed by atoms with Crippen molar-refractivity contribution in [3.8, 4) is 0 Å². The number of aliphatic hydroxyl groups is 1. The SMILES string of the molecule is [2H]C1([2H])N(CC(C)C(=O)c2ccc(CO)cc2)C([2H])([2H])C([2H])([2H])C([2H])([2H])C1([2H])[2H]. The fourth-order valence-electron chi connectivity index (χ4n) is 1.76. The summed E-state index contributed by atoms with van der Waals surface area (Å²) >= 11 is 0. The minimum atomic E-state index is -3.48. The lowest BCUT2D eigenvalue weighted by atomic mass is 9.97. The van der Waals surface area contributed by atoms with E-state index in [1.54, 1.807) is 0 Å². The molecule has 0 amide bonds. The average molecular weight is 271 g/mol. The number of hydrogen-bond donors (Lipinski definition) is 1. The van der Waals surface area contributed by atoms with Crippen molar-refractivity contribution in [1.82, 2.24) is 4.90 Å². The monoisotopic (exact) mass is 271 g/mol. The number of carbonyl (C=O) groups is 1. The maximum Gasteiger partial charge on any atom is 0.166 e. The number of benzene rings is 1. The molecule has 104 valence electrons. The largest absolute Gasteiger partial charge is 0.392 e. The van der Waals surface area contributed by atoms with Gasteiger partial charge in [0.1, 0.15) is 0 Å². The first-order valence-corrected chi connectivity index (χ1v) is 5.98. The Balaban J connectivity index is 2.42. The van der Waals surface area contributed by atoms with E-state index < -0.39 is 50.4 Å². The van der Waals surface area contributed by atoms with Crippen LogP contribution in [0.5, 0.6) is 0 Å². The van der Waals surface area contributed by atoms with Gasteiger partial charge in [-0.1, -0.05) is 37.6 Å². The molecule has 1 heterocycles. The summed E-state index contributed by atoms with van der Waals surface area (Å²) in [6.07, 6.45) is -10.3. The highest BCUT2D eigenvalue weighted by atomic mass is 16.3. The van der Waals surface area contributed by atoms with Gasteiger partial charge < -0.3 is 10.0 Å². The van der Waals surface area contributed by atoms with Gasteiger partial charge in [0, 0.05) is 31.7 Å². The fourth-order valence-corrected chi connectivity index (χ4v) is 1.76. The second-order valence-corrected chi connectivity index (χ2v) is 4.33. The summed E-state index contributed by atoms with van der Waals surface area (Å²) in [7, 11) is 0. The summed E-state index contributed by atoms with van der Waals surface area (Å²) in [5, 5.41) is 9.07. The van der Waals surface area contributed by atoms with Crippen LogP contribution in [0.15, 0.2) is 24.3 Å². The predicted octanol–water partition coefficient (Wildman–Crippen LogP) is 2.48. The Labute approximate surface area is 129 Å². The van der Waals surface area contributed by atoms with Gasteiger partial charge >= 0.3 is 0 Å². The number of hydrogen-bond acceptors (Lipinski definition) is 3. The predicted molar refractivity (Wildman–Crippen MR) is 76.2 cm³/mol. The first-order valence-electron chi connectivity index (χ1n) is 11.0. The van der Waals surface area contributed by atoms with Crippen molar-refractivity contribution in [3.05, 3.63) is 35.4 Å². The molecule has 1 saturated heterocycles. The molecule has 0 radical (unpaired) electrons. The van der Waals surface area contributed by atoms with E-state index in [9.17, 15) is 4.79 Å². The van der Waals surface area contributed by atoms with Crippen LogP contribution < -0.4 is 0 Å². The number of rotatable bonds is 5. The highest BCUT2D eigenvalue weighted by Gasteiger charge is 2.19. The number of likely N-dealkylation sites (tertiary alicyclic amines) is 1. The lowest BCUT2D eigenvalue weighted by Crippen LogP contribution is -2.35. The van der Waals surface area contributed by atoms with E-state index in [4.69, 9.17) is 18.8 Å².